The minimum atomic E-state index is -4.66. The molecular weight excluding hydrogens is 399 g/mol. The van der Waals surface area contributed by atoms with E-state index in [1.165, 1.54) is 12.0 Å². The molecule has 9 heteroatoms. The molecule has 1 aliphatic rings. The van der Waals surface area contributed by atoms with Gasteiger partial charge in [0.25, 0.3) is 5.91 Å². The molecule has 30 heavy (non-hydrogen) atoms. The Balaban J connectivity index is 1.92. The number of rotatable bonds is 7. The number of carbonyl (C=O) groups is 2. The third kappa shape index (κ3) is 4.34. The summed E-state index contributed by atoms with van der Waals surface area (Å²) >= 11 is 0. The maximum absolute atomic E-state index is 13.6. The van der Waals surface area contributed by atoms with Crippen LogP contribution < -0.4 is 4.74 Å². The molecule has 6 nitrogen and oxygen atoms in total. The van der Waals surface area contributed by atoms with Crippen LogP contribution in [0.2, 0.25) is 0 Å². The minimum absolute atomic E-state index is 0.0597. The highest BCUT2D eigenvalue weighted by Crippen LogP contribution is 2.36. The molecule has 1 amide bonds. The third-order valence-electron chi connectivity index (χ3n) is 5.19. The van der Waals surface area contributed by atoms with E-state index < -0.39 is 17.8 Å². The van der Waals surface area contributed by atoms with E-state index in [-0.39, 0.29) is 35.9 Å². The molecule has 0 aliphatic carbocycles. The number of carbonyl (C=O) groups excluding carboxylic acids is 2. The SMILES string of the molecule is COc1ccc(-n2nc(C(F)(F)F)c3c2C(=O)N(CCCC(=O)C(C)C)CC3)cc1. The number of alkyl halides is 3. The van der Waals surface area contributed by atoms with Crippen LogP contribution in [0.3, 0.4) is 0 Å². The lowest BCUT2D eigenvalue weighted by Crippen LogP contribution is -2.39. The molecule has 0 saturated heterocycles. The molecule has 1 aromatic heterocycles. The number of hydrogen-bond donors (Lipinski definition) is 0. The second kappa shape index (κ2) is 8.49. The second-order valence-electron chi connectivity index (χ2n) is 7.55. The molecule has 0 bridgehead atoms. The lowest BCUT2D eigenvalue weighted by molar-refractivity contribution is -0.142. The van der Waals surface area contributed by atoms with E-state index in [1.54, 1.807) is 24.3 Å². The van der Waals surface area contributed by atoms with Gasteiger partial charge in [-0.15, -0.1) is 0 Å². The fraction of sp³-hybridized carbons (Fsp3) is 0.476. The Morgan fingerprint density at radius 3 is 2.47 bits per heavy atom. The van der Waals surface area contributed by atoms with E-state index in [9.17, 15) is 22.8 Å². The number of methoxy groups -OCH3 is 1. The summed E-state index contributed by atoms with van der Waals surface area (Å²) < 4.78 is 46.8. The van der Waals surface area contributed by atoms with Crippen molar-refractivity contribution in [1.82, 2.24) is 14.7 Å². The van der Waals surface area contributed by atoms with Crippen molar-refractivity contribution < 1.29 is 27.5 Å². The number of hydrogen-bond acceptors (Lipinski definition) is 4. The molecule has 0 fully saturated rings. The van der Waals surface area contributed by atoms with Gasteiger partial charge in [0, 0.05) is 31.0 Å². The Bertz CT molecular complexity index is 933. The zero-order valence-electron chi connectivity index (χ0n) is 17.1. The van der Waals surface area contributed by atoms with Crippen LogP contribution in [0, 0.1) is 5.92 Å². The normalized spacial score (nSPS) is 14.2. The van der Waals surface area contributed by atoms with Crippen molar-refractivity contribution in [1.29, 1.82) is 0 Å². The molecule has 2 heterocycles. The number of fused-ring (bicyclic) bond motifs is 1. The molecule has 162 valence electrons. The molecule has 1 aromatic carbocycles. The van der Waals surface area contributed by atoms with Gasteiger partial charge in [0.1, 0.15) is 17.2 Å². The summed E-state index contributed by atoms with van der Waals surface area (Å²) in [5.41, 5.74) is -0.851. The lowest BCUT2D eigenvalue weighted by atomic mass is 10.0. The quantitative estimate of drug-likeness (QED) is 0.678. The number of halogens is 3. The monoisotopic (exact) mass is 423 g/mol. The van der Waals surface area contributed by atoms with Gasteiger partial charge in [-0.3, -0.25) is 9.59 Å². The Kier molecular flexibility index (Phi) is 6.19. The first kappa shape index (κ1) is 21.9. The van der Waals surface area contributed by atoms with Crippen molar-refractivity contribution in [2.24, 2.45) is 5.92 Å². The summed E-state index contributed by atoms with van der Waals surface area (Å²) in [4.78, 5) is 26.4. The average Bonchev–Trinajstić information content (AvgIpc) is 3.10. The van der Waals surface area contributed by atoms with E-state index in [2.05, 4.69) is 5.10 Å². The first-order valence-electron chi connectivity index (χ1n) is 9.79. The van der Waals surface area contributed by atoms with Crippen LogP contribution in [0.5, 0.6) is 5.75 Å². The number of benzene rings is 1. The second-order valence-corrected chi connectivity index (χ2v) is 7.55. The molecule has 3 rings (SSSR count). The fourth-order valence-corrected chi connectivity index (χ4v) is 3.49. The van der Waals surface area contributed by atoms with Crippen molar-refractivity contribution in [2.75, 3.05) is 20.2 Å². The van der Waals surface area contributed by atoms with Crippen LogP contribution in [-0.4, -0.2) is 46.6 Å². The van der Waals surface area contributed by atoms with Gasteiger partial charge >= 0.3 is 6.18 Å². The summed E-state index contributed by atoms with van der Waals surface area (Å²) in [6.45, 7) is 4.10. The van der Waals surface area contributed by atoms with Crippen molar-refractivity contribution in [2.45, 2.75) is 39.3 Å². The fourth-order valence-electron chi connectivity index (χ4n) is 3.49. The molecule has 0 unspecified atom stereocenters. The predicted octanol–water partition coefficient (Wildman–Crippen LogP) is 3.90. The van der Waals surface area contributed by atoms with Crippen molar-refractivity contribution in [3.05, 3.63) is 41.2 Å². The van der Waals surface area contributed by atoms with Gasteiger partial charge in [0.2, 0.25) is 0 Å². The van der Waals surface area contributed by atoms with Crippen LogP contribution in [-0.2, 0) is 17.4 Å². The van der Waals surface area contributed by atoms with E-state index in [0.29, 0.717) is 30.8 Å². The van der Waals surface area contributed by atoms with Crippen molar-refractivity contribution in [3.8, 4) is 11.4 Å². The largest absolute Gasteiger partial charge is 0.497 e. The van der Waals surface area contributed by atoms with E-state index >= 15 is 0 Å². The van der Waals surface area contributed by atoms with Gasteiger partial charge in [-0.05, 0) is 37.1 Å². The Morgan fingerprint density at radius 1 is 1.23 bits per heavy atom. The van der Waals surface area contributed by atoms with Crippen LogP contribution >= 0.6 is 0 Å². The molecular formula is C21H24F3N3O3. The van der Waals surface area contributed by atoms with Crippen LogP contribution in [0.4, 0.5) is 13.2 Å². The molecule has 0 saturated carbocycles. The Labute approximate surface area is 172 Å². The number of aromatic nitrogens is 2. The van der Waals surface area contributed by atoms with Gasteiger partial charge in [0.05, 0.1) is 12.8 Å². The summed E-state index contributed by atoms with van der Waals surface area (Å²) in [6.07, 6.45) is -3.79. The minimum Gasteiger partial charge on any atom is -0.497 e. The van der Waals surface area contributed by atoms with Gasteiger partial charge in [-0.25, -0.2) is 4.68 Å². The highest BCUT2D eigenvalue weighted by molar-refractivity contribution is 5.96. The zero-order valence-corrected chi connectivity index (χ0v) is 17.1. The van der Waals surface area contributed by atoms with Crippen LogP contribution in [0.25, 0.3) is 5.69 Å². The lowest BCUT2D eigenvalue weighted by Gasteiger charge is -2.28. The highest BCUT2D eigenvalue weighted by Gasteiger charge is 2.43. The molecule has 2 aromatic rings. The molecule has 0 radical (unpaired) electrons. The number of ether oxygens (including phenoxy) is 1. The number of amides is 1. The van der Waals surface area contributed by atoms with E-state index in [4.69, 9.17) is 4.74 Å². The molecule has 0 N–H and O–H groups in total. The summed E-state index contributed by atoms with van der Waals surface area (Å²) in [6, 6.07) is 6.30. The Morgan fingerprint density at radius 2 is 1.90 bits per heavy atom. The smallest absolute Gasteiger partial charge is 0.435 e. The van der Waals surface area contributed by atoms with Gasteiger partial charge < -0.3 is 9.64 Å². The number of ketones is 1. The van der Waals surface area contributed by atoms with Crippen molar-refractivity contribution in [3.63, 3.8) is 0 Å². The molecule has 0 atom stereocenters. The van der Waals surface area contributed by atoms with E-state index in [1.807, 2.05) is 13.8 Å². The first-order valence-corrected chi connectivity index (χ1v) is 9.79. The standard InChI is InChI=1S/C21H24F3N3O3/c1-13(2)17(28)5-4-11-26-12-10-16-18(20(26)29)27(25-19(16)21(22,23)24)14-6-8-15(30-3)9-7-14/h6-9,13H,4-5,10-12H2,1-3H3. The van der Waals surface area contributed by atoms with Gasteiger partial charge in [0.15, 0.2) is 5.69 Å². The highest BCUT2D eigenvalue weighted by atomic mass is 19.4. The molecule has 1 aliphatic heterocycles. The average molecular weight is 423 g/mol. The summed E-state index contributed by atoms with van der Waals surface area (Å²) in [7, 11) is 1.48. The summed E-state index contributed by atoms with van der Waals surface area (Å²) in [5.74, 6) is 0.0490. The maximum atomic E-state index is 13.6. The van der Waals surface area contributed by atoms with Crippen LogP contribution in [0.1, 0.15) is 48.4 Å². The topological polar surface area (TPSA) is 64.4 Å². The Hall–Kier alpha value is -2.84. The van der Waals surface area contributed by atoms with Gasteiger partial charge in [-0.1, -0.05) is 13.8 Å². The number of Topliss-reactive ketones (excluding diaryl/α,β-unsaturated/α-hetero) is 1. The first-order chi connectivity index (χ1) is 14.1. The predicted molar refractivity (Wildman–Crippen MR) is 104 cm³/mol. The maximum Gasteiger partial charge on any atom is 0.435 e. The van der Waals surface area contributed by atoms with E-state index in [0.717, 1.165) is 4.68 Å². The summed E-state index contributed by atoms with van der Waals surface area (Å²) in [5, 5.41) is 3.75. The molecule has 0 spiro atoms. The van der Waals surface area contributed by atoms with Crippen molar-refractivity contribution >= 4 is 11.7 Å². The van der Waals surface area contributed by atoms with Crippen LogP contribution in [0.15, 0.2) is 24.3 Å². The van der Waals surface area contributed by atoms with Gasteiger partial charge in [-0.2, -0.15) is 18.3 Å². The third-order valence-corrected chi connectivity index (χ3v) is 5.19. The number of nitrogens with zero attached hydrogens (tertiary/aromatic N) is 3. The zero-order chi connectivity index (χ0) is 22.1.